The van der Waals surface area contributed by atoms with Crippen molar-refractivity contribution in [2.75, 3.05) is 0 Å². The summed E-state index contributed by atoms with van der Waals surface area (Å²) >= 11 is 0. The van der Waals surface area contributed by atoms with Gasteiger partial charge in [0.15, 0.2) is 0 Å². The predicted octanol–water partition coefficient (Wildman–Crippen LogP) is 16.4. The fraction of sp³-hybridized carbons (Fsp3) is 0. The van der Waals surface area contributed by atoms with Gasteiger partial charge in [0.1, 0.15) is 0 Å². The third-order valence-corrected chi connectivity index (χ3v) is 13.8. The van der Waals surface area contributed by atoms with Crippen molar-refractivity contribution in [2.45, 2.75) is 0 Å². The van der Waals surface area contributed by atoms with Gasteiger partial charge in [0.05, 0.1) is 11.0 Å². The van der Waals surface area contributed by atoms with E-state index in [9.17, 15) is 0 Å². The van der Waals surface area contributed by atoms with E-state index in [0.29, 0.717) is 0 Å². The van der Waals surface area contributed by atoms with Crippen LogP contribution in [0.1, 0.15) is 0 Å². The number of rotatable bonds is 5. The molecule has 0 radical (unpaired) electrons. The highest BCUT2D eigenvalue weighted by atomic mass is 15.0. The number of pyridine rings is 1. The molecule has 2 aromatic heterocycles. The quantitative estimate of drug-likeness (QED) is 0.170. The molecule has 0 saturated heterocycles. The summed E-state index contributed by atoms with van der Waals surface area (Å²) in [6.45, 7) is 0. The molecule has 0 fully saturated rings. The molecule has 10 aromatic carbocycles. The Morgan fingerprint density at radius 2 is 0.746 bits per heavy atom. The van der Waals surface area contributed by atoms with E-state index in [1.807, 2.05) is 18.5 Å². The van der Waals surface area contributed by atoms with Crippen LogP contribution in [-0.4, -0.2) is 9.55 Å². The molecule has 290 valence electrons. The molecule has 0 N–H and O–H groups in total. The molecule has 14 rings (SSSR count). The number of para-hydroxylation sites is 1. The molecule has 0 amide bonds. The van der Waals surface area contributed by atoms with E-state index in [1.54, 1.807) is 0 Å². The van der Waals surface area contributed by atoms with Crippen LogP contribution < -0.4 is 0 Å². The van der Waals surface area contributed by atoms with Crippen molar-refractivity contribution in [3.8, 4) is 94.7 Å². The molecule has 2 aliphatic rings. The van der Waals surface area contributed by atoms with Gasteiger partial charge in [-0.3, -0.25) is 4.98 Å². The van der Waals surface area contributed by atoms with E-state index in [1.165, 1.54) is 121 Å². The van der Waals surface area contributed by atoms with Gasteiger partial charge in [-0.05, 0) is 153 Å². The van der Waals surface area contributed by atoms with Crippen LogP contribution in [0.5, 0.6) is 0 Å². The van der Waals surface area contributed by atoms with Gasteiger partial charge in [0, 0.05) is 28.9 Å². The van der Waals surface area contributed by atoms with Crippen molar-refractivity contribution in [2.24, 2.45) is 0 Å². The average Bonchev–Trinajstić information content (AvgIpc) is 3.99. The Kier molecular flexibility index (Phi) is 7.14. The summed E-state index contributed by atoms with van der Waals surface area (Å²) in [5.74, 6) is 0. The van der Waals surface area contributed by atoms with E-state index in [2.05, 4.69) is 210 Å². The van der Waals surface area contributed by atoms with Crippen molar-refractivity contribution in [3.05, 3.63) is 219 Å². The van der Waals surface area contributed by atoms with Crippen LogP contribution in [0.25, 0.3) is 138 Å². The predicted molar refractivity (Wildman–Crippen MR) is 264 cm³/mol. The van der Waals surface area contributed by atoms with Gasteiger partial charge in [-0.25, -0.2) is 0 Å². The highest BCUT2D eigenvalue weighted by molar-refractivity contribution is 6.21. The Hall–Kier alpha value is -8.33. The third-order valence-electron chi connectivity index (χ3n) is 13.8. The average molecular weight is 797 g/mol. The van der Waals surface area contributed by atoms with Gasteiger partial charge < -0.3 is 4.57 Å². The maximum Gasteiger partial charge on any atom is 0.0541 e. The summed E-state index contributed by atoms with van der Waals surface area (Å²) in [5, 5.41) is 7.70. The van der Waals surface area contributed by atoms with Gasteiger partial charge in [0.25, 0.3) is 0 Å². The van der Waals surface area contributed by atoms with Crippen molar-refractivity contribution in [1.82, 2.24) is 9.55 Å². The van der Waals surface area contributed by atoms with E-state index in [4.69, 9.17) is 0 Å². The summed E-state index contributed by atoms with van der Waals surface area (Å²) in [6.07, 6.45) is 3.74. The zero-order chi connectivity index (χ0) is 41.2. The Labute approximate surface area is 364 Å². The molecule has 12 aromatic rings. The Morgan fingerprint density at radius 3 is 1.33 bits per heavy atom. The van der Waals surface area contributed by atoms with Crippen molar-refractivity contribution in [1.29, 1.82) is 0 Å². The fourth-order valence-corrected chi connectivity index (χ4v) is 11.0. The molecule has 63 heavy (non-hydrogen) atoms. The van der Waals surface area contributed by atoms with Gasteiger partial charge >= 0.3 is 0 Å². The van der Waals surface area contributed by atoms with Crippen LogP contribution in [0.3, 0.4) is 0 Å². The summed E-state index contributed by atoms with van der Waals surface area (Å²) in [6, 6.07) is 76.9. The van der Waals surface area contributed by atoms with E-state index < -0.39 is 0 Å². The maximum atomic E-state index is 4.34. The lowest BCUT2D eigenvalue weighted by molar-refractivity contribution is 1.18. The topological polar surface area (TPSA) is 17.8 Å². The van der Waals surface area contributed by atoms with Crippen LogP contribution in [0, 0.1) is 0 Å². The van der Waals surface area contributed by atoms with Gasteiger partial charge in [0.2, 0.25) is 0 Å². The first-order valence-electron chi connectivity index (χ1n) is 21.8. The van der Waals surface area contributed by atoms with Crippen LogP contribution >= 0.6 is 0 Å². The highest BCUT2D eigenvalue weighted by Gasteiger charge is 2.25. The lowest BCUT2D eigenvalue weighted by atomic mass is 9.90. The third kappa shape index (κ3) is 4.98. The van der Waals surface area contributed by atoms with Crippen molar-refractivity contribution in [3.63, 3.8) is 0 Å². The zero-order valence-electron chi connectivity index (χ0n) is 34.2. The Balaban J connectivity index is 1.00. The van der Waals surface area contributed by atoms with Crippen molar-refractivity contribution >= 4 is 43.4 Å². The van der Waals surface area contributed by atoms with Crippen LogP contribution in [0.15, 0.2) is 219 Å². The standard InChI is InChI=1S/C61H36N2/c1-3-13-48-46(11-1)53-18-7-16-51-44(26-28-55(48)60(51)53)41-32-42(45-27-29-56-49-14-4-2-12-47(49)54-19-8-17-52(45)61(54)56)34-43(33-41)63-58-20-6-5-15-50(58)57-35-39(25-30-59(57)63)37-21-23-38(24-22-37)40-10-9-31-62-36-40/h1-36H. The fourth-order valence-electron chi connectivity index (χ4n) is 11.0. The molecule has 2 heteroatoms. The smallest absolute Gasteiger partial charge is 0.0541 e. The van der Waals surface area contributed by atoms with Gasteiger partial charge in [-0.2, -0.15) is 0 Å². The Morgan fingerprint density at radius 1 is 0.270 bits per heavy atom. The SMILES string of the molecule is c1cncc(-c2ccc(-c3ccc4c(c3)c3ccccc3n4-c3cc(-c4ccc5c6c(cccc46)-c4ccccc4-5)cc(-c4ccc5c6c(cccc46)-c4ccccc4-5)c3)cc2)c1. The minimum absolute atomic E-state index is 1.12. The molecule has 0 bridgehead atoms. The number of benzene rings is 10. The molecule has 0 spiro atoms. The lowest BCUT2D eigenvalue weighted by Gasteiger charge is -2.17. The second-order valence-electron chi connectivity index (χ2n) is 17.0. The number of fused-ring (bicyclic) bond motifs is 9. The summed E-state index contributed by atoms with van der Waals surface area (Å²) in [7, 11) is 0. The molecule has 2 aliphatic carbocycles. The lowest BCUT2D eigenvalue weighted by Crippen LogP contribution is -1.97. The number of hydrogen-bond acceptors (Lipinski definition) is 1. The first-order valence-corrected chi connectivity index (χ1v) is 21.8. The van der Waals surface area contributed by atoms with Gasteiger partial charge in [-0.15, -0.1) is 0 Å². The highest BCUT2D eigenvalue weighted by Crippen LogP contribution is 2.52. The maximum absolute atomic E-state index is 4.34. The number of aromatic nitrogens is 2. The van der Waals surface area contributed by atoms with Crippen LogP contribution in [0.2, 0.25) is 0 Å². The molecule has 0 aliphatic heterocycles. The normalized spacial score (nSPS) is 12.1. The first-order chi connectivity index (χ1) is 31.2. The van der Waals surface area contributed by atoms with Crippen LogP contribution in [-0.2, 0) is 0 Å². The molecular weight excluding hydrogens is 761 g/mol. The molecule has 0 unspecified atom stereocenters. The minimum atomic E-state index is 1.12. The second kappa shape index (κ2) is 13.1. The minimum Gasteiger partial charge on any atom is -0.309 e. The molecule has 2 heterocycles. The summed E-state index contributed by atoms with van der Waals surface area (Å²) < 4.78 is 2.48. The summed E-state index contributed by atoms with van der Waals surface area (Å²) in [4.78, 5) is 4.34. The summed E-state index contributed by atoms with van der Waals surface area (Å²) in [5.41, 5.74) is 23.6. The van der Waals surface area contributed by atoms with E-state index >= 15 is 0 Å². The van der Waals surface area contributed by atoms with E-state index in [-0.39, 0.29) is 0 Å². The molecular formula is C61H36N2. The second-order valence-corrected chi connectivity index (χ2v) is 17.0. The Bertz CT molecular complexity index is 3680. The van der Waals surface area contributed by atoms with E-state index in [0.717, 1.165) is 16.8 Å². The monoisotopic (exact) mass is 796 g/mol. The van der Waals surface area contributed by atoms with Crippen LogP contribution in [0.4, 0.5) is 0 Å². The molecule has 0 atom stereocenters. The van der Waals surface area contributed by atoms with Crippen molar-refractivity contribution < 1.29 is 0 Å². The number of nitrogens with zero attached hydrogens (tertiary/aromatic N) is 2. The molecule has 2 nitrogen and oxygen atoms in total. The molecule has 0 saturated carbocycles. The zero-order valence-corrected chi connectivity index (χ0v) is 34.2. The largest absolute Gasteiger partial charge is 0.309 e. The van der Waals surface area contributed by atoms with Gasteiger partial charge in [-0.1, -0.05) is 164 Å². The first kappa shape index (κ1) is 34.4. The number of hydrogen-bond donors (Lipinski definition) is 0.